The molecule has 4 aromatic rings. The van der Waals surface area contributed by atoms with Crippen LogP contribution in [0.5, 0.6) is 17.2 Å². The van der Waals surface area contributed by atoms with Gasteiger partial charge in [0.15, 0.2) is 15.6 Å². The predicted molar refractivity (Wildman–Crippen MR) is 197 cm³/mol. The van der Waals surface area contributed by atoms with Crippen LogP contribution < -0.4 is 14.8 Å². The fraction of sp³-hybridized carbons (Fsp3) is 0.172. The van der Waals surface area contributed by atoms with Crippen LogP contribution in [0.15, 0.2) is 102 Å². The summed E-state index contributed by atoms with van der Waals surface area (Å²) in [7, 11) is -21.3. The lowest BCUT2D eigenvalue weighted by atomic mass is 10.1. The maximum Gasteiger partial charge on any atom is 0.397 e. The molecule has 0 saturated carbocycles. The summed E-state index contributed by atoms with van der Waals surface area (Å²) >= 11 is 0. The highest BCUT2D eigenvalue weighted by Gasteiger charge is 2.27. The van der Waals surface area contributed by atoms with E-state index in [1.807, 2.05) is 0 Å². The van der Waals surface area contributed by atoms with Gasteiger partial charge < -0.3 is 19.9 Å². The van der Waals surface area contributed by atoms with Gasteiger partial charge in [0.25, 0.3) is 20.2 Å². The van der Waals surface area contributed by atoms with E-state index in [0.29, 0.717) is 5.41 Å². The lowest BCUT2D eigenvalue weighted by molar-refractivity contribution is 0.283. The van der Waals surface area contributed by atoms with Crippen LogP contribution in [-0.4, -0.2) is 93.3 Å². The number of azo groups is 2. The zero-order chi connectivity index (χ0) is 41.9. The number of hydrogen-bond acceptors (Lipinski definition) is 19. The van der Waals surface area contributed by atoms with Crippen LogP contribution in [0.3, 0.4) is 0 Å². The summed E-state index contributed by atoms with van der Waals surface area (Å²) in [6.07, 6.45) is 0. The van der Waals surface area contributed by atoms with Crippen molar-refractivity contribution < 1.29 is 74.5 Å². The lowest BCUT2D eigenvalue weighted by Gasteiger charge is -2.14. The van der Waals surface area contributed by atoms with Crippen LogP contribution in [0.2, 0.25) is 0 Å². The van der Waals surface area contributed by atoms with Gasteiger partial charge in [-0.25, -0.2) is 21.0 Å². The molecule has 56 heavy (non-hydrogen) atoms. The van der Waals surface area contributed by atoms with E-state index < -0.39 is 101 Å². The molecule has 0 saturated heterocycles. The van der Waals surface area contributed by atoms with Crippen LogP contribution in [-0.2, 0) is 54.5 Å². The summed E-state index contributed by atoms with van der Waals surface area (Å²) in [5.41, 5.74) is -2.13. The second-order valence-corrected chi connectivity index (χ2v) is 18.7. The maximum atomic E-state index is 13.0. The molecule has 0 radical (unpaired) electrons. The van der Waals surface area contributed by atoms with Crippen molar-refractivity contribution in [3.63, 3.8) is 0 Å². The Morgan fingerprint density at radius 1 is 0.714 bits per heavy atom. The van der Waals surface area contributed by atoms with Crippen LogP contribution in [0.25, 0.3) is 10.8 Å². The minimum absolute atomic E-state index is 0.241. The van der Waals surface area contributed by atoms with Crippen molar-refractivity contribution in [2.75, 3.05) is 37.8 Å². The smallest absolute Gasteiger partial charge is 0.397 e. The fourth-order valence-electron chi connectivity index (χ4n) is 4.73. The second kappa shape index (κ2) is 16.5. The number of hydrogen-bond donors (Lipinski definition) is 5. The van der Waals surface area contributed by atoms with Gasteiger partial charge in [-0.3, -0.25) is 13.7 Å². The minimum Gasteiger partial charge on any atom is -0.505 e. The molecule has 0 atom stereocenters. The lowest BCUT2D eigenvalue weighted by Crippen LogP contribution is -2.16. The van der Waals surface area contributed by atoms with E-state index in [9.17, 15) is 56.3 Å². The van der Waals surface area contributed by atoms with E-state index in [-0.39, 0.29) is 38.5 Å². The molecular weight excluding hydrogens is 851 g/mol. The predicted octanol–water partition coefficient (Wildman–Crippen LogP) is 4.41. The van der Waals surface area contributed by atoms with Crippen molar-refractivity contribution in [1.29, 1.82) is 0 Å². The quantitative estimate of drug-likeness (QED) is 0.0724. The number of aromatic hydroxyl groups is 1. The van der Waals surface area contributed by atoms with E-state index in [2.05, 4.69) is 36.5 Å². The Morgan fingerprint density at radius 3 is 1.93 bits per heavy atom. The molecule has 0 aliphatic carbocycles. The number of fused-ring (bicyclic) bond motifs is 1. The average molecular weight is 880 g/mol. The molecule has 4 aromatic carbocycles. The van der Waals surface area contributed by atoms with E-state index in [4.69, 9.17) is 14.0 Å². The first-order chi connectivity index (χ1) is 25.9. The Morgan fingerprint density at radius 2 is 1.34 bits per heavy atom. The minimum atomic E-state index is -5.33. The van der Waals surface area contributed by atoms with E-state index in [1.54, 1.807) is 0 Å². The van der Waals surface area contributed by atoms with Gasteiger partial charge in [-0.15, -0.1) is 20.5 Å². The first kappa shape index (κ1) is 43.6. The first-order valence-corrected chi connectivity index (χ1v) is 22.4. The molecular formula is C29H29N5O17S5. The molecule has 22 nitrogen and oxygen atoms in total. The van der Waals surface area contributed by atoms with E-state index >= 15 is 0 Å². The van der Waals surface area contributed by atoms with Crippen molar-refractivity contribution in [3.05, 3.63) is 66.6 Å². The van der Waals surface area contributed by atoms with E-state index in [1.165, 1.54) is 24.3 Å². The third-order valence-corrected chi connectivity index (χ3v) is 12.2. The Hall–Kier alpha value is -5.13. The summed E-state index contributed by atoms with van der Waals surface area (Å²) in [4.78, 5) is -2.00. The van der Waals surface area contributed by atoms with Crippen LogP contribution in [0, 0.1) is 0 Å². The number of nitrogens with zero attached hydrogens (tertiary/aromatic N) is 4. The largest absolute Gasteiger partial charge is 0.505 e. The number of benzene rings is 4. The van der Waals surface area contributed by atoms with Crippen molar-refractivity contribution in [2.45, 2.75) is 14.7 Å². The zero-order valence-corrected chi connectivity index (χ0v) is 32.6. The molecule has 5 N–H and O–H groups in total. The number of nitrogens with one attached hydrogen (secondary N) is 1. The highest BCUT2D eigenvalue weighted by molar-refractivity contribution is 7.94. The van der Waals surface area contributed by atoms with Crippen LogP contribution in [0.1, 0.15) is 0 Å². The van der Waals surface area contributed by atoms with Gasteiger partial charge in [0.1, 0.15) is 49.9 Å². The Bertz CT molecular complexity index is 2850. The van der Waals surface area contributed by atoms with Gasteiger partial charge in [0.2, 0.25) is 9.84 Å². The third-order valence-electron chi connectivity index (χ3n) is 7.22. The standard InChI is InChI=1S/C29H29N5O17S5/c1-4-52(36,37)24-8-6-5-7-19(24)31-33-27-18-13-26(55(43,44)45)28(29(35)17(18)9-10-20(27)30-16-54(40,41)42)34-32-21-14-23(50-3)25(15-22(21)49-2)53(38,39)12-11-51-56(46,47)48/h4-10,13-15,30,35H,1,11-12,16H2,2-3H3,(H,40,41,42)(H,43,44,45)(H,46,47,48). The monoisotopic (exact) mass is 879 g/mol. The van der Waals surface area contributed by atoms with E-state index in [0.717, 1.165) is 44.6 Å². The molecule has 0 aliphatic heterocycles. The third kappa shape index (κ3) is 10.4. The van der Waals surface area contributed by atoms with Crippen molar-refractivity contribution in [3.8, 4) is 17.2 Å². The molecule has 302 valence electrons. The summed E-state index contributed by atoms with van der Waals surface area (Å²) < 4.78 is 164. The number of anilines is 1. The van der Waals surface area contributed by atoms with Gasteiger partial charge in [0.05, 0.1) is 37.2 Å². The second-order valence-electron chi connectivity index (χ2n) is 10.8. The SMILES string of the molecule is C=CS(=O)(=O)c1ccccc1N=Nc1c(NCS(=O)(=O)O)ccc2c(O)c(N=Nc3cc(OC)c(S(=O)(=O)CCOS(=O)(=O)O)cc3OC)c(S(=O)(=O)O)cc12. The number of phenols is 1. The molecule has 0 amide bonds. The Balaban J connectivity index is 1.95. The number of methoxy groups -OCH3 is 2. The van der Waals surface area contributed by atoms with Gasteiger partial charge in [-0.05, 0) is 30.3 Å². The van der Waals surface area contributed by atoms with Gasteiger partial charge in [0, 0.05) is 28.3 Å². The zero-order valence-electron chi connectivity index (χ0n) is 28.5. The van der Waals surface area contributed by atoms with Gasteiger partial charge >= 0.3 is 10.4 Å². The number of ether oxygens (including phenoxy) is 2. The molecule has 0 heterocycles. The summed E-state index contributed by atoms with van der Waals surface area (Å²) in [5.74, 6) is -3.74. The molecule has 0 unspecified atom stereocenters. The van der Waals surface area contributed by atoms with Gasteiger partial charge in [-0.2, -0.15) is 25.3 Å². The number of rotatable bonds is 17. The fourth-order valence-corrected chi connectivity index (χ4v) is 8.22. The maximum absolute atomic E-state index is 13.0. The molecule has 27 heteroatoms. The molecule has 0 aromatic heterocycles. The average Bonchev–Trinajstić information content (AvgIpc) is 3.10. The molecule has 0 bridgehead atoms. The van der Waals surface area contributed by atoms with Crippen molar-refractivity contribution >= 4 is 89.5 Å². The van der Waals surface area contributed by atoms with Crippen LogP contribution in [0.4, 0.5) is 28.4 Å². The first-order valence-electron chi connectivity index (χ1n) is 14.8. The topological polar surface area (TPSA) is 341 Å². The molecule has 0 spiro atoms. The summed E-state index contributed by atoms with van der Waals surface area (Å²) in [6, 6.07) is 10.1. The van der Waals surface area contributed by atoms with Crippen molar-refractivity contribution in [2.24, 2.45) is 20.5 Å². The summed E-state index contributed by atoms with van der Waals surface area (Å²) in [6.45, 7) is 2.29. The molecule has 4 rings (SSSR count). The molecule has 0 fully saturated rings. The number of sulfone groups is 2. The molecule has 0 aliphatic rings. The Kier molecular flexibility index (Phi) is 12.9. The summed E-state index contributed by atoms with van der Waals surface area (Å²) in [5, 5.41) is 29.4. The highest BCUT2D eigenvalue weighted by atomic mass is 32.3. The van der Waals surface area contributed by atoms with Crippen molar-refractivity contribution in [1.82, 2.24) is 0 Å². The number of phenolic OH excluding ortho intramolecular Hbond substituents is 1. The Labute approximate surface area is 319 Å². The normalized spacial score (nSPS) is 13.0. The highest BCUT2D eigenvalue weighted by Crippen LogP contribution is 2.47. The van der Waals surface area contributed by atoms with Gasteiger partial charge in [-0.1, -0.05) is 18.7 Å². The van der Waals surface area contributed by atoms with Crippen LogP contribution >= 0.6 is 0 Å².